The Morgan fingerprint density at radius 3 is 3.00 bits per heavy atom. The first-order chi connectivity index (χ1) is 6.24. The van der Waals surface area contributed by atoms with Crippen molar-refractivity contribution in [2.45, 2.75) is 0 Å². The highest BCUT2D eigenvalue weighted by Gasteiger charge is 1.98. The van der Waals surface area contributed by atoms with E-state index in [1.807, 2.05) is 12.1 Å². The van der Waals surface area contributed by atoms with E-state index in [0.29, 0.717) is 17.4 Å². The van der Waals surface area contributed by atoms with Gasteiger partial charge in [0.1, 0.15) is 5.84 Å². The van der Waals surface area contributed by atoms with E-state index >= 15 is 0 Å². The fraction of sp³-hybridized carbons (Fsp3) is 0.100. The lowest BCUT2D eigenvalue weighted by Crippen LogP contribution is -2.23. The molecule has 0 spiro atoms. The first-order valence-corrected chi connectivity index (χ1v) is 4.31. The summed E-state index contributed by atoms with van der Waals surface area (Å²) < 4.78 is 0. The second-order valence-corrected chi connectivity index (χ2v) is 2.99. The van der Waals surface area contributed by atoms with Crippen LogP contribution in [0.1, 0.15) is 5.56 Å². The molecule has 0 bridgehead atoms. The number of nitrogens with one attached hydrogen (secondary N) is 2. The van der Waals surface area contributed by atoms with Crippen LogP contribution in [-0.4, -0.2) is 12.4 Å². The maximum Gasteiger partial charge on any atom is 0.125 e. The van der Waals surface area contributed by atoms with E-state index in [1.54, 1.807) is 18.2 Å². The molecule has 68 valence electrons. The average molecular weight is 195 g/mol. The topological polar surface area (TPSA) is 35.9 Å². The van der Waals surface area contributed by atoms with Crippen LogP contribution in [0.5, 0.6) is 0 Å². The van der Waals surface area contributed by atoms with Crippen LogP contribution >= 0.6 is 11.6 Å². The molecular weight excluding hydrogens is 184 g/mol. The van der Waals surface area contributed by atoms with Crippen molar-refractivity contribution < 1.29 is 0 Å². The van der Waals surface area contributed by atoms with Crippen LogP contribution in [0.25, 0.3) is 0 Å². The minimum Gasteiger partial charge on any atom is -0.367 e. The predicted octanol–water partition coefficient (Wildman–Crippen LogP) is 2.44. The second kappa shape index (κ2) is 4.67. The molecule has 0 saturated carbocycles. The van der Waals surface area contributed by atoms with Gasteiger partial charge in [-0.1, -0.05) is 29.8 Å². The number of benzene rings is 1. The lowest BCUT2D eigenvalue weighted by molar-refractivity contribution is 1.03. The Kier molecular flexibility index (Phi) is 3.53. The normalized spacial score (nSPS) is 9.31. The molecule has 0 unspecified atom stereocenters. The van der Waals surface area contributed by atoms with E-state index in [1.165, 1.54) is 0 Å². The molecule has 13 heavy (non-hydrogen) atoms. The van der Waals surface area contributed by atoms with Gasteiger partial charge in [0.15, 0.2) is 0 Å². The molecule has 2 N–H and O–H groups in total. The molecule has 0 radical (unpaired) electrons. The molecule has 0 heterocycles. The molecule has 0 saturated heterocycles. The van der Waals surface area contributed by atoms with Crippen molar-refractivity contribution >= 4 is 17.4 Å². The predicted molar refractivity (Wildman–Crippen MR) is 56.5 cm³/mol. The summed E-state index contributed by atoms with van der Waals surface area (Å²) in [6.45, 7) is 4.15. The van der Waals surface area contributed by atoms with Crippen molar-refractivity contribution in [1.82, 2.24) is 5.32 Å². The Labute approximate surface area is 82.7 Å². The van der Waals surface area contributed by atoms with Crippen LogP contribution in [0.4, 0.5) is 0 Å². The molecule has 1 aromatic rings. The summed E-state index contributed by atoms with van der Waals surface area (Å²) in [6.07, 6.45) is 1.71. The van der Waals surface area contributed by atoms with Crippen molar-refractivity contribution in [3.8, 4) is 0 Å². The first-order valence-electron chi connectivity index (χ1n) is 3.93. The summed E-state index contributed by atoms with van der Waals surface area (Å²) in [5.41, 5.74) is 0.786. The third-order valence-corrected chi connectivity index (χ3v) is 1.77. The average Bonchev–Trinajstić information content (AvgIpc) is 2.14. The number of rotatable bonds is 3. The zero-order chi connectivity index (χ0) is 9.68. The first kappa shape index (κ1) is 9.81. The maximum atomic E-state index is 7.61. The van der Waals surface area contributed by atoms with Crippen LogP contribution in [0.3, 0.4) is 0 Å². The molecule has 0 fully saturated rings. The number of hydrogen-bond donors (Lipinski definition) is 2. The van der Waals surface area contributed by atoms with Crippen molar-refractivity contribution in [2.75, 3.05) is 6.54 Å². The van der Waals surface area contributed by atoms with E-state index in [9.17, 15) is 0 Å². The second-order valence-electron chi connectivity index (χ2n) is 2.55. The molecule has 1 aromatic carbocycles. The van der Waals surface area contributed by atoms with E-state index < -0.39 is 0 Å². The van der Waals surface area contributed by atoms with Crippen LogP contribution in [0.2, 0.25) is 5.02 Å². The van der Waals surface area contributed by atoms with Gasteiger partial charge in [-0.05, 0) is 12.1 Å². The van der Waals surface area contributed by atoms with Crippen LogP contribution in [0, 0.1) is 5.41 Å². The van der Waals surface area contributed by atoms with Gasteiger partial charge >= 0.3 is 0 Å². The van der Waals surface area contributed by atoms with E-state index in [-0.39, 0.29) is 0 Å². The minimum atomic E-state index is 0.363. The van der Waals surface area contributed by atoms with E-state index in [0.717, 1.165) is 5.56 Å². The molecule has 0 aliphatic heterocycles. The van der Waals surface area contributed by atoms with Gasteiger partial charge in [0, 0.05) is 17.1 Å². The zero-order valence-corrected chi connectivity index (χ0v) is 7.93. The van der Waals surface area contributed by atoms with Gasteiger partial charge in [0.25, 0.3) is 0 Å². The van der Waals surface area contributed by atoms with Crippen LogP contribution < -0.4 is 5.32 Å². The Hall–Kier alpha value is -1.28. The molecular formula is C10H11ClN2. The smallest absolute Gasteiger partial charge is 0.125 e. The monoisotopic (exact) mass is 194 g/mol. The Morgan fingerprint density at radius 1 is 1.62 bits per heavy atom. The molecule has 3 heteroatoms. The van der Waals surface area contributed by atoms with Crippen molar-refractivity contribution in [2.24, 2.45) is 0 Å². The summed E-state index contributed by atoms with van der Waals surface area (Å²) in [4.78, 5) is 0. The van der Waals surface area contributed by atoms with Crippen LogP contribution in [-0.2, 0) is 0 Å². The fourth-order valence-corrected chi connectivity index (χ4v) is 1.11. The van der Waals surface area contributed by atoms with Crippen molar-refractivity contribution in [3.05, 3.63) is 47.5 Å². The van der Waals surface area contributed by atoms with Crippen molar-refractivity contribution in [3.63, 3.8) is 0 Å². The van der Waals surface area contributed by atoms with Crippen molar-refractivity contribution in [1.29, 1.82) is 5.41 Å². The highest BCUT2D eigenvalue weighted by atomic mass is 35.5. The summed E-state index contributed by atoms with van der Waals surface area (Å²) in [7, 11) is 0. The highest BCUT2D eigenvalue weighted by molar-refractivity contribution is 6.31. The fourth-order valence-electron chi connectivity index (χ4n) is 0.920. The zero-order valence-electron chi connectivity index (χ0n) is 7.18. The SMILES string of the molecule is C=CCNC(=N)c1cccc(Cl)c1. The lowest BCUT2D eigenvalue weighted by Gasteiger charge is -2.05. The number of amidine groups is 1. The molecule has 0 amide bonds. The van der Waals surface area contributed by atoms with Crippen LogP contribution in [0.15, 0.2) is 36.9 Å². The van der Waals surface area contributed by atoms with Gasteiger partial charge in [0.05, 0.1) is 0 Å². The van der Waals surface area contributed by atoms with E-state index in [4.69, 9.17) is 17.0 Å². The third kappa shape index (κ3) is 2.92. The Morgan fingerprint density at radius 2 is 2.38 bits per heavy atom. The third-order valence-electron chi connectivity index (χ3n) is 1.54. The molecule has 0 aromatic heterocycles. The molecule has 2 nitrogen and oxygen atoms in total. The standard InChI is InChI=1S/C10H11ClN2/c1-2-6-13-10(12)8-4-3-5-9(11)7-8/h2-5,7H,1,6H2,(H2,12,13). The minimum absolute atomic E-state index is 0.363. The molecule has 0 atom stereocenters. The molecule has 0 aliphatic carbocycles. The Balaban J connectivity index is 2.71. The highest BCUT2D eigenvalue weighted by Crippen LogP contribution is 2.10. The van der Waals surface area contributed by atoms with Gasteiger partial charge in [-0.15, -0.1) is 6.58 Å². The summed E-state index contributed by atoms with van der Waals surface area (Å²) in [6, 6.07) is 7.19. The summed E-state index contributed by atoms with van der Waals surface area (Å²) in [5.74, 6) is 0.363. The number of hydrogen-bond acceptors (Lipinski definition) is 1. The van der Waals surface area contributed by atoms with Gasteiger partial charge in [-0.25, -0.2) is 0 Å². The summed E-state index contributed by atoms with van der Waals surface area (Å²) >= 11 is 5.78. The number of halogens is 1. The van der Waals surface area contributed by atoms with Gasteiger partial charge in [-0.3, -0.25) is 5.41 Å². The lowest BCUT2D eigenvalue weighted by atomic mass is 10.2. The summed E-state index contributed by atoms with van der Waals surface area (Å²) in [5, 5.41) is 11.1. The molecule has 1 rings (SSSR count). The molecule has 0 aliphatic rings. The largest absolute Gasteiger partial charge is 0.367 e. The van der Waals surface area contributed by atoms with Gasteiger partial charge in [0.2, 0.25) is 0 Å². The van der Waals surface area contributed by atoms with E-state index in [2.05, 4.69) is 11.9 Å². The Bertz CT molecular complexity index is 320. The van der Waals surface area contributed by atoms with Gasteiger partial charge < -0.3 is 5.32 Å². The van der Waals surface area contributed by atoms with Gasteiger partial charge in [-0.2, -0.15) is 0 Å². The maximum absolute atomic E-state index is 7.61. The quantitative estimate of drug-likeness (QED) is 0.433.